The molecule has 1 amide bonds. The normalized spacial score (nSPS) is 28.6. The van der Waals surface area contributed by atoms with E-state index in [0.29, 0.717) is 6.04 Å². The molecule has 0 N–H and O–H groups in total. The van der Waals surface area contributed by atoms with Crippen LogP contribution in [0.15, 0.2) is 42.5 Å². The molecule has 2 atom stereocenters. The van der Waals surface area contributed by atoms with Crippen LogP contribution in [-0.4, -0.2) is 23.4 Å². The predicted molar refractivity (Wildman–Crippen MR) is 63.1 cm³/mol. The van der Waals surface area contributed by atoms with Crippen molar-refractivity contribution in [3.8, 4) is 0 Å². The van der Waals surface area contributed by atoms with Crippen LogP contribution in [-0.2, 0) is 4.79 Å². The van der Waals surface area contributed by atoms with E-state index in [1.54, 1.807) is 0 Å². The van der Waals surface area contributed by atoms with E-state index < -0.39 is 0 Å². The van der Waals surface area contributed by atoms with E-state index >= 15 is 0 Å². The Morgan fingerprint density at radius 1 is 1.25 bits per heavy atom. The lowest BCUT2D eigenvalue weighted by Crippen LogP contribution is -2.28. The standard InChI is InChI=1S/C14H15NO/c1-10-13(11-6-3-2-4-7-11)12-8-5-9-15(12)14(10)16/h2-4,6-7,12-13H,1,5,8-9H2/t12-,13+/m0/s1. The van der Waals surface area contributed by atoms with Crippen LogP contribution >= 0.6 is 0 Å². The molecule has 1 aromatic rings. The SMILES string of the molecule is C=C1C(=O)N2CCC[C@H]2[C@H]1c1ccccc1. The molecule has 0 unspecified atom stereocenters. The molecule has 2 nitrogen and oxygen atoms in total. The fourth-order valence-electron chi connectivity index (χ4n) is 3.02. The van der Waals surface area contributed by atoms with Crippen molar-refractivity contribution in [2.45, 2.75) is 24.8 Å². The van der Waals surface area contributed by atoms with Crippen LogP contribution in [0.5, 0.6) is 0 Å². The van der Waals surface area contributed by atoms with Crippen molar-refractivity contribution in [3.63, 3.8) is 0 Å². The molecule has 0 bridgehead atoms. The van der Waals surface area contributed by atoms with Gasteiger partial charge in [-0.05, 0) is 18.4 Å². The first-order valence-corrected chi connectivity index (χ1v) is 5.84. The number of fused-ring (bicyclic) bond motifs is 1. The van der Waals surface area contributed by atoms with Crippen LogP contribution in [0, 0.1) is 0 Å². The summed E-state index contributed by atoms with van der Waals surface area (Å²) in [5, 5.41) is 0. The second kappa shape index (κ2) is 3.48. The molecule has 2 aliphatic heterocycles. The van der Waals surface area contributed by atoms with Gasteiger partial charge in [0.25, 0.3) is 0 Å². The number of carbonyl (C=O) groups is 1. The monoisotopic (exact) mass is 213 g/mol. The number of nitrogens with zero attached hydrogens (tertiary/aromatic N) is 1. The van der Waals surface area contributed by atoms with Gasteiger partial charge in [-0.1, -0.05) is 36.9 Å². The molecule has 0 saturated carbocycles. The number of rotatable bonds is 1. The third kappa shape index (κ3) is 1.22. The van der Waals surface area contributed by atoms with E-state index in [1.807, 2.05) is 23.1 Å². The lowest BCUT2D eigenvalue weighted by atomic mass is 9.88. The minimum absolute atomic E-state index is 0.163. The van der Waals surface area contributed by atoms with Crippen LogP contribution in [0.1, 0.15) is 24.3 Å². The Morgan fingerprint density at radius 2 is 2.00 bits per heavy atom. The van der Waals surface area contributed by atoms with Gasteiger partial charge in [0.1, 0.15) is 0 Å². The van der Waals surface area contributed by atoms with Crippen LogP contribution in [0.25, 0.3) is 0 Å². The molecule has 3 rings (SSSR count). The van der Waals surface area contributed by atoms with Gasteiger partial charge >= 0.3 is 0 Å². The van der Waals surface area contributed by atoms with Gasteiger partial charge in [-0.3, -0.25) is 4.79 Å². The zero-order chi connectivity index (χ0) is 11.1. The summed E-state index contributed by atoms with van der Waals surface area (Å²) in [4.78, 5) is 14.0. The lowest BCUT2D eigenvalue weighted by Gasteiger charge is -2.19. The molecule has 0 radical (unpaired) electrons. The van der Waals surface area contributed by atoms with Gasteiger partial charge in [0, 0.05) is 24.1 Å². The zero-order valence-corrected chi connectivity index (χ0v) is 9.23. The maximum atomic E-state index is 12.0. The Morgan fingerprint density at radius 3 is 2.75 bits per heavy atom. The third-order valence-electron chi connectivity index (χ3n) is 3.75. The summed E-state index contributed by atoms with van der Waals surface area (Å²) in [7, 11) is 0. The lowest BCUT2D eigenvalue weighted by molar-refractivity contribution is -0.125. The smallest absolute Gasteiger partial charge is 0.250 e. The van der Waals surface area contributed by atoms with Gasteiger partial charge in [0.05, 0.1) is 0 Å². The summed E-state index contributed by atoms with van der Waals surface area (Å²) >= 11 is 0. The molecule has 2 fully saturated rings. The largest absolute Gasteiger partial charge is 0.335 e. The van der Waals surface area contributed by atoms with E-state index in [9.17, 15) is 4.79 Å². The van der Waals surface area contributed by atoms with Gasteiger partial charge in [-0.15, -0.1) is 0 Å². The summed E-state index contributed by atoms with van der Waals surface area (Å²) in [6.45, 7) is 4.89. The highest BCUT2D eigenvalue weighted by atomic mass is 16.2. The fraction of sp³-hybridized carbons (Fsp3) is 0.357. The number of carbonyl (C=O) groups excluding carboxylic acids is 1. The summed E-state index contributed by atoms with van der Waals surface area (Å²) < 4.78 is 0. The molecule has 0 spiro atoms. The number of hydrogen-bond donors (Lipinski definition) is 0. The highest BCUT2D eigenvalue weighted by Crippen LogP contribution is 2.42. The predicted octanol–water partition coefficient (Wildman–Crippen LogP) is 2.33. The number of amides is 1. The van der Waals surface area contributed by atoms with Gasteiger partial charge < -0.3 is 4.90 Å². The average molecular weight is 213 g/mol. The van der Waals surface area contributed by atoms with Crippen LogP contribution in [0.4, 0.5) is 0 Å². The first-order chi connectivity index (χ1) is 7.79. The van der Waals surface area contributed by atoms with Crippen molar-refractivity contribution < 1.29 is 4.79 Å². The number of benzene rings is 1. The summed E-state index contributed by atoms with van der Waals surface area (Å²) in [5.74, 6) is 0.382. The molecule has 2 saturated heterocycles. The molecule has 2 aliphatic rings. The van der Waals surface area contributed by atoms with E-state index in [1.165, 1.54) is 5.56 Å². The van der Waals surface area contributed by atoms with Crippen molar-refractivity contribution in [3.05, 3.63) is 48.0 Å². The molecular formula is C14H15NO. The minimum Gasteiger partial charge on any atom is -0.335 e. The third-order valence-corrected chi connectivity index (χ3v) is 3.75. The van der Waals surface area contributed by atoms with Crippen LogP contribution in [0.3, 0.4) is 0 Å². The Balaban J connectivity index is 2.01. The highest BCUT2D eigenvalue weighted by molar-refractivity contribution is 5.98. The van der Waals surface area contributed by atoms with E-state index in [-0.39, 0.29) is 11.8 Å². The topological polar surface area (TPSA) is 20.3 Å². The molecule has 82 valence electrons. The summed E-state index contributed by atoms with van der Waals surface area (Å²) in [6.07, 6.45) is 2.25. The molecule has 0 aromatic heterocycles. The molecular weight excluding hydrogens is 198 g/mol. The maximum absolute atomic E-state index is 12.0. The van der Waals surface area contributed by atoms with Gasteiger partial charge in [0.2, 0.25) is 5.91 Å². The molecule has 2 heteroatoms. The van der Waals surface area contributed by atoms with Crippen molar-refractivity contribution in [1.29, 1.82) is 0 Å². The van der Waals surface area contributed by atoms with Crippen molar-refractivity contribution in [2.24, 2.45) is 0 Å². The Hall–Kier alpha value is -1.57. The molecule has 0 aliphatic carbocycles. The van der Waals surface area contributed by atoms with Crippen molar-refractivity contribution in [1.82, 2.24) is 4.90 Å². The second-order valence-electron chi connectivity index (χ2n) is 4.62. The van der Waals surface area contributed by atoms with Gasteiger partial charge in [-0.25, -0.2) is 0 Å². The second-order valence-corrected chi connectivity index (χ2v) is 4.62. The summed E-state index contributed by atoms with van der Waals surface area (Å²) in [6, 6.07) is 10.6. The van der Waals surface area contributed by atoms with E-state index in [2.05, 4.69) is 18.7 Å². The highest BCUT2D eigenvalue weighted by Gasteiger charge is 2.45. The van der Waals surface area contributed by atoms with Gasteiger partial charge in [-0.2, -0.15) is 0 Å². The molecule has 2 heterocycles. The Kier molecular flexibility index (Phi) is 2.10. The van der Waals surface area contributed by atoms with Gasteiger partial charge in [0.15, 0.2) is 0 Å². The Labute approximate surface area is 95.6 Å². The van der Waals surface area contributed by atoms with Crippen LogP contribution in [0.2, 0.25) is 0 Å². The molecule has 1 aromatic carbocycles. The fourth-order valence-corrected chi connectivity index (χ4v) is 3.02. The van der Waals surface area contributed by atoms with Crippen molar-refractivity contribution in [2.75, 3.05) is 6.54 Å². The summed E-state index contributed by atoms with van der Waals surface area (Å²) in [5.41, 5.74) is 2.01. The zero-order valence-electron chi connectivity index (χ0n) is 9.23. The maximum Gasteiger partial charge on any atom is 0.250 e. The minimum atomic E-state index is 0.163. The van der Waals surface area contributed by atoms with Crippen molar-refractivity contribution >= 4 is 5.91 Å². The molecule has 16 heavy (non-hydrogen) atoms. The first kappa shape index (κ1) is 9.64. The number of hydrogen-bond acceptors (Lipinski definition) is 1. The van der Waals surface area contributed by atoms with Crippen LogP contribution < -0.4 is 0 Å². The van der Waals surface area contributed by atoms with E-state index in [0.717, 1.165) is 25.0 Å². The van der Waals surface area contributed by atoms with E-state index in [4.69, 9.17) is 0 Å². The quantitative estimate of drug-likeness (QED) is 0.656. The Bertz CT molecular complexity index is 437. The first-order valence-electron chi connectivity index (χ1n) is 5.84. The average Bonchev–Trinajstić information content (AvgIpc) is 2.86.